The normalized spacial score (nSPS) is 11.7. The zero-order chi connectivity index (χ0) is 7.98. The maximum Gasteiger partial charge on any atom is 0.0504 e. The molecule has 0 heterocycles. The molecule has 0 saturated heterocycles. The molecule has 10 heavy (non-hydrogen) atoms. The first-order valence-electron chi connectivity index (χ1n) is 3.37. The van der Waals surface area contributed by atoms with Gasteiger partial charge in [0.05, 0.1) is 4.20 Å². The minimum absolute atomic E-state index is 0.731. The van der Waals surface area contributed by atoms with Crippen molar-refractivity contribution in [2.45, 2.75) is 26.2 Å². The van der Waals surface area contributed by atoms with E-state index in [1.165, 1.54) is 0 Å². The van der Waals surface area contributed by atoms with E-state index in [1.54, 1.807) is 7.05 Å². The van der Waals surface area contributed by atoms with E-state index in [1.807, 2.05) is 0 Å². The van der Waals surface area contributed by atoms with Gasteiger partial charge in [0, 0.05) is 19.2 Å². The van der Waals surface area contributed by atoms with Crippen molar-refractivity contribution >= 4 is 34.8 Å². The monoisotopic (exact) mass is 175 g/mol. The van der Waals surface area contributed by atoms with Gasteiger partial charge in [0.25, 0.3) is 0 Å². The lowest BCUT2D eigenvalue weighted by Gasteiger charge is -2.00. The van der Waals surface area contributed by atoms with E-state index in [2.05, 4.69) is 24.5 Å². The molecule has 0 aromatic rings. The third kappa shape index (κ3) is 4.94. The highest BCUT2D eigenvalue weighted by atomic mass is 32.1. The summed E-state index contributed by atoms with van der Waals surface area (Å²) in [4.78, 5) is 4.10. The molecule has 0 bridgehead atoms. The van der Waals surface area contributed by atoms with Crippen LogP contribution < -0.4 is 0 Å². The zero-order valence-electron chi connectivity index (χ0n) is 6.42. The molecule has 0 aliphatic rings. The first kappa shape index (κ1) is 10.1. The zero-order valence-corrected chi connectivity index (χ0v) is 8.13. The predicted octanol–water partition coefficient (Wildman–Crippen LogP) is 2.50. The molecular formula is C7H13NS2. The Kier molecular flexibility index (Phi) is 5.93. The summed E-state index contributed by atoms with van der Waals surface area (Å²) in [7, 11) is 1.80. The summed E-state index contributed by atoms with van der Waals surface area (Å²) in [5.74, 6) is 0. The molecule has 0 amide bonds. The first-order valence-corrected chi connectivity index (χ1v) is 4.22. The van der Waals surface area contributed by atoms with Crippen molar-refractivity contribution in [3.63, 3.8) is 0 Å². The summed E-state index contributed by atoms with van der Waals surface area (Å²) in [6, 6.07) is 0. The lowest BCUT2D eigenvalue weighted by Crippen LogP contribution is -2.00. The van der Waals surface area contributed by atoms with E-state index < -0.39 is 0 Å². The fraction of sp³-hybridized carbons (Fsp3) is 0.714. The number of hydrogen-bond donors (Lipinski definition) is 1. The quantitative estimate of drug-likeness (QED) is 0.393. The van der Waals surface area contributed by atoms with Crippen LogP contribution in [0.25, 0.3) is 0 Å². The molecule has 0 rings (SSSR count). The van der Waals surface area contributed by atoms with Gasteiger partial charge in [-0.1, -0.05) is 25.6 Å². The standard InChI is InChI=1S/C7H13NS2/c1-3-4-6(8-2)5-7(9)10/h3-5H2,1-2H3,(H,9,10). The van der Waals surface area contributed by atoms with Crippen LogP contribution in [0.5, 0.6) is 0 Å². The van der Waals surface area contributed by atoms with E-state index >= 15 is 0 Å². The van der Waals surface area contributed by atoms with Gasteiger partial charge in [-0.25, -0.2) is 0 Å². The maximum atomic E-state index is 4.84. The Balaban J connectivity index is 3.73. The van der Waals surface area contributed by atoms with Crippen molar-refractivity contribution in [1.82, 2.24) is 0 Å². The van der Waals surface area contributed by atoms with Crippen LogP contribution in [0, 0.1) is 0 Å². The molecule has 0 N–H and O–H groups in total. The molecular weight excluding hydrogens is 162 g/mol. The third-order valence-electron chi connectivity index (χ3n) is 1.21. The average molecular weight is 175 g/mol. The number of aliphatic imine (C=N–C) groups is 1. The fourth-order valence-corrected chi connectivity index (χ4v) is 1.09. The van der Waals surface area contributed by atoms with E-state index in [0.717, 1.165) is 29.2 Å². The number of nitrogens with zero attached hydrogens (tertiary/aromatic N) is 1. The van der Waals surface area contributed by atoms with E-state index in [9.17, 15) is 0 Å². The maximum absolute atomic E-state index is 4.84. The van der Waals surface area contributed by atoms with Gasteiger partial charge in [0.1, 0.15) is 0 Å². The smallest absolute Gasteiger partial charge is 0.0504 e. The van der Waals surface area contributed by atoms with Crippen LogP contribution in [0.4, 0.5) is 0 Å². The van der Waals surface area contributed by atoms with Crippen molar-refractivity contribution in [2.24, 2.45) is 4.99 Å². The second kappa shape index (κ2) is 5.86. The van der Waals surface area contributed by atoms with Crippen molar-refractivity contribution in [3.05, 3.63) is 0 Å². The van der Waals surface area contributed by atoms with Crippen molar-refractivity contribution in [2.75, 3.05) is 7.05 Å². The van der Waals surface area contributed by atoms with Gasteiger partial charge >= 0.3 is 0 Å². The molecule has 0 atom stereocenters. The number of thiocarbonyl (C=S) groups is 1. The van der Waals surface area contributed by atoms with Gasteiger partial charge in [-0.3, -0.25) is 4.99 Å². The summed E-state index contributed by atoms with van der Waals surface area (Å²) >= 11 is 8.87. The predicted molar refractivity (Wildman–Crippen MR) is 54.5 cm³/mol. The third-order valence-corrected chi connectivity index (χ3v) is 1.51. The number of rotatable bonds is 4. The highest BCUT2D eigenvalue weighted by Gasteiger charge is 1.97. The molecule has 0 aliphatic heterocycles. The first-order chi connectivity index (χ1) is 4.70. The van der Waals surface area contributed by atoms with Crippen LogP contribution in [0.3, 0.4) is 0 Å². The van der Waals surface area contributed by atoms with Crippen LogP contribution >= 0.6 is 24.8 Å². The van der Waals surface area contributed by atoms with Gasteiger partial charge in [-0.2, -0.15) is 0 Å². The Hall–Kier alpha value is 0.110. The van der Waals surface area contributed by atoms with Crippen LogP contribution in [0.15, 0.2) is 4.99 Å². The summed E-state index contributed by atoms with van der Waals surface area (Å²) in [5.41, 5.74) is 1.16. The Labute approximate surface area is 73.3 Å². The lowest BCUT2D eigenvalue weighted by atomic mass is 10.2. The highest BCUT2D eigenvalue weighted by molar-refractivity contribution is 8.11. The van der Waals surface area contributed by atoms with Gasteiger partial charge < -0.3 is 0 Å². The molecule has 0 aliphatic carbocycles. The summed E-state index contributed by atoms with van der Waals surface area (Å²) in [6.07, 6.45) is 2.93. The van der Waals surface area contributed by atoms with Crippen LogP contribution in [-0.2, 0) is 0 Å². The van der Waals surface area contributed by atoms with Gasteiger partial charge in [0.2, 0.25) is 0 Å². The average Bonchev–Trinajstić information content (AvgIpc) is 1.86. The number of hydrogen-bond acceptors (Lipinski definition) is 2. The van der Waals surface area contributed by atoms with Gasteiger partial charge in [0.15, 0.2) is 0 Å². The minimum Gasteiger partial charge on any atom is -0.297 e. The lowest BCUT2D eigenvalue weighted by molar-refractivity contribution is 0.979. The topological polar surface area (TPSA) is 12.4 Å². The molecule has 0 spiro atoms. The Morgan fingerprint density at radius 3 is 2.50 bits per heavy atom. The molecule has 0 aromatic carbocycles. The molecule has 0 unspecified atom stereocenters. The summed E-state index contributed by atoms with van der Waals surface area (Å²) in [5, 5.41) is 0. The van der Waals surface area contributed by atoms with E-state index in [4.69, 9.17) is 12.2 Å². The van der Waals surface area contributed by atoms with Crippen molar-refractivity contribution < 1.29 is 0 Å². The van der Waals surface area contributed by atoms with E-state index in [0.29, 0.717) is 0 Å². The van der Waals surface area contributed by atoms with Crippen molar-refractivity contribution in [3.8, 4) is 0 Å². The molecule has 0 aromatic heterocycles. The second-order valence-electron chi connectivity index (χ2n) is 2.11. The Morgan fingerprint density at radius 1 is 1.60 bits per heavy atom. The Morgan fingerprint density at radius 2 is 2.20 bits per heavy atom. The minimum atomic E-state index is 0.731. The highest BCUT2D eigenvalue weighted by Crippen LogP contribution is 2.01. The molecule has 1 nitrogen and oxygen atoms in total. The molecule has 0 radical (unpaired) electrons. The molecule has 3 heteroatoms. The van der Waals surface area contributed by atoms with Crippen LogP contribution in [0.2, 0.25) is 0 Å². The largest absolute Gasteiger partial charge is 0.297 e. The van der Waals surface area contributed by atoms with E-state index in [-0.39, 0.29) is 0 Å². The summed E-state index contributed by atoms with van der Waals surface area (Å²) < 4.78 is 0.731. The van der Waals surface area contributed by atoms with Crippen LogP contribution in [-0.4, -0.2) is 17.0 Å². The fourth-order valence-electron chi connectivity index (χ4n) is 0.742. The van der Waals surface area contributed by atoms with Gasteiger partial charge in [-0.15, -0.1) is 12.6 Å². The Bertz CT molecular complexity index is 141. The summed E-state index contributed by atoms with van der Waals surface area (Å²) in [6.45, 7) is 2.13. The second-order valence-corrected chi connectivity index (χ2v) is 3.45. The molecule has 0 saturated carbocycles. The van der Waals surface area contributed by atoms with Gasteiger partial charge in [-0.05, 0) is 6.42 Å². The number of thiol groups is 1. The molecule has 58 valence electrons. The van der Waals surface area contributed by atoms with Crippen LogP contribution in [0.1, 0.15) is 26.2 Å². The molecule has 0 fully saturated rings. The van der Waals surface area contributed by atoms with Crippen molar-refractivity contribution in [1.29, 1.82) is 0 Å². The SMILES string of the molecule is CCCC(CC(=S)S)=NC.